The Morgan fingerprint density at radius 3 is 2.60 bits per heavy atom. The van der Waals surface area contributed by atoms with Crippen molar-refractivity contribution in [2.45, 2.75) is 6.54 Å². The number of hydrogen-bond donors (Lipinski definition) is 2. The van der Waals surface area contributed by atoms with Crippen molar-refractivity contribution in [2.75, 3.05) is 31.7 Å². The van der Waals surface area contributed by atoms with Crippen LogP contribution in [0.25, 0.3) is 0 Å². The standard InChI is InChI=1S/C9H15N5O/c10-13-9-11-5-8(6-12-9)7-14-1-3-15-4-2-14/h5-6H,1-4,7,10H2,(H,11,12,13). The van der Waals surface area contributed by atoms with E-state index in [9.17, 15) is 0 Å². The molecule has 6 heteroatoms. The van der Waals surface area contributed by atoms with Crippen LogP contribution in [0.2, 0.25) is 0 Å². The molecule has 1 aromatic rings. The predicted octanol–water partition coefficient (Wildman–Crippen LogP) is -0.406. The van der Waals surface area contributed by atoms with Gasteiger partial charge in [-0.3, -0.25) is 10.3 Å². The summed E-state index contributed by atoms with van der Waals surface area (Å²) in [7, 11) is 0. The molecule has 2 rings (SSSR count). The third-order valence-corrected chi connectivity index (χ3v) is 2.34. The van der Waals surface area contributed by atoms with Gasteiger partial charge in [0.05, 0.1) is 13.2 Å². The van der Waals surface area contributed by atoms with E-state index >= 15 is 0 Å². The average molecular weight is 209 g/mol. The van der Waals surface area contributed by atoms with Crippen LogP contribution in [0.3, 0.4) is 0 Å². The Hall–Kier alpha value is -1.24. The van der Waals surface area contributed by atoms with Gasteiger partial charge in [0.15, 0.2) is 0 Å². The highest BCUT2D eigenvalue weighted by atomic mass is 16.5. The van der Waals surface area contributed by atoms with E-state index in [1.54, 1.807) is 12.4 Å². The molecule has 1 saturated heterocycles. The largest absolute Gasteiger partial charge is 0.379 e. The van der Waals surface area contributed by atoms with Crippen LogP contribution < -0.4 is 11.3 Å². The third kappa shape index (κ3) is 2.85. The van der Waals surface area contributed by atoms with Crippen LogP contribution in [-0.2, 0) is 11.3 Å². The third-order valence-electron chi connectivity index (χ3n) is 2.34. The Balaban J connectivity index is 1.91. The van der Waals surface area contributed by atoms with Gasteiger partial charge in [0.1, 0.15) is 0 Å². The van der Waals surface area contributed by atoms with E-state index in [0.717, 1.165) is 38.4 Å². The number of nitrogens with one attached hydrogen (secondary N) is 1. The molecule has 0 atom stereocenters. The molecular weight excluding hydrogens is 194 g/mol. The zero-order chi connectivity index (χ0) is 10.5. The number of ether oxygens (including phenoxy) is 1. The first-order chi connectivity index (χ1) is 7.38. The van der Waals surface area contributed by atoms with Crippen molar-refractivity contribution in [3.8, 4) is 0 Å². The van der Waals surface area contributed by atoms with Gasteiger partial charge in [-0.2, -0.15) is 0 Å². The molecule has 1 aliphatic heterocycles. The zero-order valence-electron chi connectivity index (χ0n) is 8.52. The summed E-state index contributed by atoms with van der Waals surface area (Å²) in [4.78, 5) is 10.4. The molecule has 0 bridgehead atoms. The number of aromatic nitrogens is 2. The van der Waals surface area contributed by atoms with Gasteiger partial charge in [-0.25, -0.2) is 15.8 Å². The normalized spacial score (nSPS) is 17.7. The Morgan fingerprint density at radius 1 is 1.33 bits per heavy atom. The summed E-state index contributed by atoms with van der Waals surface area (Å²) in [6, 6.07) is 0. The SMILES string of the molecule is NNc1ncc(CN2CCOCC2)cn1. The fraction of sp³-hybridized carbons (Fsp3) is 0.556. The van der Waals surface area contributed by atoms with Crippen molar-refractivity contribution in [3.63, 3.8) is 0 Å². The molecule has 0 amide bonds. The highest BCUT2D eigenvalue weighted by Gasteiger charge is 2.10. The van der Waals surface area contributed by atoms with Gasteiger partial charge in [0.25, 0.3) is 0 Å². The molecule has 2 heterocycles. The molecule has 0 aliphatic carbocycles. The fourth-order valence-corrected chi connectivity index (χ4v) is 1.53. The Bertz CT molecular complexity index is 296. The summed E-state index contributed by atoms with van der Waals surface area (Å²) >= 11 is 0. The van der Waals surface area contributed by atoms with Crippen LogP contribution in [0, 0.1) is 0 Å². The van der Waals surface area contributed by atoms with E-state index in [0.29, 0.717) is 5.95 Å². The summed E-state index contributed by atoms with van der Waals surface area (Å²) in [5, 5.41) is 0. The average Bonchev–Trinajstić information content (AvgIpc) is 2.31. The van der Waals surface area contributed by atoms with E-state index in [2.05, 4.69) is 20.3 Å². The van der Waals surface area contributed by atoms with Crippen LogP contribution in [0.4, 0.5) is 5.95 Å². The second-order valence-electron chi connectivity index (χ2n) is 3.45. The molecule has 1 fully saturated rings. The first kappa shape index (κ1) is 10.3. The maximum atomic E-state index is 5.27. The maximum Gasteiger partial charge on any atom is 0.237 e. The lowest BCUT2D eigenvalue weighted by molar-refractivity contribution is 0.0341. The molecule has 0 saturated carbocycles. The number of hydrogen-bond acceptors (Lipinski definition) is 6. The minimum Gasteiger partial charge on any atom is -0.379 e. The molecule has 1 aromatic heterocycles. The van der Waals surface area contributed by atoms with Crippen molar-refractivity contribution >= 4 is 5.95 Å². The molecule has 1 aliphatic rings. The number of nitrogens with two attached hydrogens (primary N) is 1. The highest BCUT2D eigenvalue weighted by Crippen LogP contribution is 2.05. The van der Waals surface area contributed by atoms with E-state index in [1.807, 2.05) is 0 Å². The molecule has 0 radical (unpaired) electrons. The van der Waals surface area contributed by atoms with Crippen molar-refractivity contribution in [3.05, 3.63) is 18.0 Å². The van der Waals surface area contributed by atoms with Crippen LogP contribution >= 0.6 is 0 Å². The van der Waals surface area contributed by atoms with Gasteiger partial charge < -0.3 is 4.74 Å². The summed E-state index contributed by atoms with van der Waals surface area (Å²) in [6.07, 6.45) is 3.58. The second-order valence-corrected chi connectivity index (χ2v) is 3.45. The summed E-state index contributed by atoms with van der Waals surface area (Å²) in [6.45, 7) is 4.43. The number of morpholine rings is 1. The van der Waals surface area contributed by atoms with Gasteiger partial charge in [-0.15, -0.1) is 0 Å². The van der Waals surface area contributed by atoms with Gasteiger partial charge >= 0.3 is 0 Å². The fourth-order valence-electron chi connectivity index (χ4n) is 1.53. The Morgan fingerprint density at radius 2 is 2.00 bits per heavy atom. The van der Waals surface area contributed by atoms with E-state index in [4.69, 9.17) is 10.6 Å². The molecule has 0 unspecified atom stereocenters. The predicted molar refractivity (Wildman–Crippen MR) is 55.9 cm³/mol. The van der Waals surface area contributed by atoms with Crippen LogP contribution in [0.5, 0.6) is 0 Å². The van der Waals surface area contributed by atoms with Crippen LogP contribution in [0.1, 0.15) is 5.56 Å². The molecule has 0 spiro atoms. The first-order valence-corrected chi connectivity index (χ1v) is 4.96. The Kier molecular flexibility index (Phi) is 3.44. The second kappa shape index (κ2) is 5.01. The first-order valence-electron chi connectivity index (χ1n) is 4.96. The summed E-state index contributed by atoms with van der Waals surface area (Å²) < 4.78 is 5.27. The van der Waals surface area contributed by atoms with E-state index in [1.165, 1.54) is 0 Å². The number of anilines is 1. The molecule has 0 aromatic carbocycles. The lowest BCUT2D eigenvalue weighted by atomic mass is 10.3. The quantitative estimate of drug-likeness (QED) is 0.521. The smallest absolute Gasteiger partial charge is 0.237 e. The minimum atomic E-state index is 0.445. The highest BCUT2D eigenvalue weighted by molar-refractivity contribution is 5.22. The number of rotatable bonds is 3. The van der Waals surface area contributed by atoms with E-state index in [-0.39, 0.29) is 0 Å². The van der Waals surface area contributed by atoms with Crippen molar-refractivity contribution in [1.29, 1.82) is 0 Å². The molecular formula is C9H15N5O. The minimum absolute atomic E-state index is 0.445. The van der Waals surface area contributed by atoms with Gasteiger partial charge in [-0.1, -0.05) is 0 Å². The van der Waals surface area contributed by atoms with Crippen LogP contribution in [0.15, 0.2) is 12.4 Å². The van der Waals surface area contributed by atoms with Gasteiger partial charge in [0.2, 0.25) is 5.95 Å². The van der Waals surface area contributed by atoms with Crippen LogP contribution in [-0.4, -0.2) is 41.2 Å². The molecule has 6 nitrogen and oxygen atoms in total. The summed E-state index contributed by atoms with van der Waals surface area (Å²) in [5.74, 6) is 5.63. The maximum absolute atomic E-state index is 5.27. The molecule has 3 N–H and O–H groups in total. The van der Waals surface area contributed by atoms with E-state index < -0.39 is 0 Å². The lowest BCUT2D eigenvalue weighted by Crippen LogP contribution is -2.35. The lowest BCUT2D eigenvalue weighted by Gasteiger charge is -2.26. The monoisotopic (exact) mass is 209 g/mol. The Labute approximate surface area is 88.4 Å². The van der Waals surface area contributed by atoms with Crippen molar-refractivity contribution in [2.24, 2.45) is 5.84 Å². The molecule has 82 valence electrons. The number of hydrazine groups is 1. The van der Waals surface area contributed by atoms with Gasteiger partial charge in [-0.05, 0) is 0 Å². The van der Waals surface area contributed by atoms with Gasteiger partial charge in [0, 0.05) is 37.6 Å². The number of nitrogens with zero attached hydrogens (tertiary/aromatic N) is 3. The van der Waals surface area contributed by atoms with Crippen molar-refractivity contribution < 1.29 is 4.74 Å². The molecule has 15 heavy (non-hydrogen) atoms. The topological polar surface area (TPSA) is 76.3 Å². The van der Waals surface area contributed by atoms with Crippen molar-refractivity contribution in [1.82, 2.24) is 14.9 Å². The zero-order valence-corrected chi connectivity index (χ0v) is 8.52. The summed E-state index contributed by atoms with van der Waals surface area (Å²) in [5.41, 5.74) is 3.50. The number of nitrogen functional groups attached to an aromatic ring is 1.